The van der Waals surface area contributed by atoms with Gasteiger partial charge in [0, 0.05) is 19.3 Å². The summed E-state index contributed by atoms with van der Waals surface area (Å²) in [5, 5.41) is 12.3. The molecule has 0 aliphatic rings. The van der Waals surface area contributed by atoms with Gasteiger partial charge in [-0.05, 0) is 24.6 Å². The maximum absolute atomic E-state index is 13.1. The second-order valence-electron chi connectivity index (χ2n) is 3.45. The van der Waals surface area contributed by atoms with Gasteiger partial charge in [0.15, 0.2) is 0 Å². The first kappa shape index (κ1) is 11.9. The predicted octanol–water partition coefficient (Wildman–Crippen LogP) is 1.55. The second-order valence-corrected chi connectivity index (χ2v) is 3.45. The highest BCUT2D eigenvalue weighted by Crippen LogP contribution is 2.13. The number of aliphatic hydroxyl groups is 1. The molecule has 1 rings (SSSR count). The van der Waals surface area contributed by atoms with Gasteiger partial charge < -0.3 is 15.2 Å². The highest BCUT2D eigenvalue weighted by molar-refractivity contribution is 5.45. The summed E-state index contributed by atoms with van der Waals surface area (Å²) in [7, 11) is 1.52. The highest BCUT2D eigenvalue weighted by Gasteiger charge is 2.03. The molecule has 1 aromatic carbocycles. The number of nitrogens with one attached hydrogen (secondary N) is 1. The van der Waals surface area contributed by atoms with E-state index >= 15 is 0 Å². The standard InChI is InChI=1S/C11H16FNO2/c1-8-3-4-9(5-11(8)12)13-6-10(14)7-15-2/h3-5,10,13-14H,6-7H2,1-2H3. The molecule has 1 unspecified atom stereocenters. The van der Waals surface area contributed by atoms with E-state index in [4.69, 9.17) is 4.74 Å². The molecule has 4 heteroatoms. The van der Waals surface area contributed by atoms with Crippen molar-refractivity contribution in [3.05, 3.63) is 29.6 Å². The number of aliphatic hydroxyl groups excluding tert-OH is 1. The molecule has 2 N–H and O–H groups in total. The number of benzene rings is 1. The van der Waals surface area contributed by atoms with Crippen molar-refractivity contribution in [3.8, 4) is 0 Å². The van der Waals surface area contributed by atoms with Crippen LogP contribution in [-0.4, -0.2) is 31.5 Å². The highest BCUT2D eigenvalue weighted by atomic mass is 19.1. The number of halogens is 1. The number of hydrogen-bond donors (Lipinski definition) is 2. The molecule has 1 aromatic rings. The Balaban J connectivity index is 2.47. The Kier molecular flexibility index (Phi) is 4.52. The van der Waals surface area contributed by atoms with E-state index in [1.807, 2.05) is 0 Å². The summed E-state index contributed by atoms with van der Waals surface area (Å²) >= 11 is 0. The lowest BCUT2D eigenvalue weighted by molar-refractivity contribution is 0.0727. The van der Waals surface area contributed by atoms with Gasteiger partial charge >= 0.3 is 0 Å². The molecule has 0 amide bonds. The van der Waals surface area contributed by atoms with E-state index in [1.54, 1.807) is 19.1 Å². The van der Waals surface area contributed by atoms with Crippen LogP contribution in [0.15, 0.2) is 18.2 Å². The molecule has 0 saturated carbocycles. The first-order valence-corrected chi connectivity index (χ1v) is 4.80. The molecular weight excluding hydrogens is 197 g/mol. The van der Waals surface area contributed by atoms with Gasteiger partial charge in [-0.15, -0.1) is 0 Å². The van der Waals surface area contributed by atoms with Crippen LogP contribution in [0.3, 0.4) is 0 Å². The molecule has 0 aromatic heterocycles. The molecule has 0 aliphatic heterocycles. The number of hydrogen-bond acceptors (Lipinski definition) is 3. The zero-order chi connectivity index (χ0) is 11.3. The average molecular weight is 213 g/mol. The lowest BCUT2D eigenvalue weighted by Gasteiger charge is -2.12. The summed E-state index contributed by atoms with van der Waals surface area (Å²) in [5.41, 5.74) is 1.27. The first-order valence-electron chi connectivity index (χ1n) is 4.80. The monoisotopic (exact) mass is 213 g/mol. The van der Waals surface area contributed by atoms with Crippen LogP contribution in [0.1, 0.15) is 5.56 Å². The van der Waals surface area contributed by atoms with E-state index in [0.717, 1.165) is 0 Å². The molecule has 0 spiro atoms. The largest absolute Gasteiger partial charge is 0.389 e. The Morgan fingerprint density at radius 3 is 2.87 bits per heavy atom. The number of aryl methyl sites for hydroxylation is 1. The fourth-order valence-corrected chi connectivity index (χ4v) is 1.19. The molecule has 1 atom stereocenters. The van der Waals surface area contributed by atoms with Gasteiger partial charge in [-0.3, -0.25) is 0 Å². The van der Waals surface area contributed by atoms with Crippen molar-refractivity contribution in [2.75, 3.05) is 25.6 Å². The van der Waals surface area contributed by atoms with E-state index in [9.17, 15) is 9.50 Å². The maximum atomic E-state index is 13.1. The van der Waals surface area contributed by atoms with Gasteiger partial charge in [0.2, 0.25) is 0 Å². The van der Waals surface area contributed by atoms with Crippen molar-refractivity contribution < 1.29 is 14.2 Å². The molecule has 84 valence electrons. The van der Waals surface area contributed by atoms with Crippen molar-refractivity contribution in [3.63, 3.8) is 0 Å². The smallest absolute Gasteiger partial charge is 0.128 e. The number of rotatable bonds is 5. The topological polar surface area (TPSA) is 41.5 Å². The van der Waals surface area contributed by atoms with Gasteiger partial charge in [0.1, 0.15) is 5.82 Å². The molecule has 0 fully saturated rings. The van der Waals surface area contributed by atoms with Crippen LogP contribution < -0.4 is 5.32 Å². The van der Waals surface area contributed by atoms with Crippen LogP contribution >= 0.6 is 0 Å². The molecule has 0 saturated heterocycles. The lowest BCUT2D eigenvalue weighted by Crippen LogP contribution is -2.24. The van der Waals surface area contributed by atoms with Crippen molar-refractivity contribution in [1.29, 1.82) is 0 Å². The Bertz CT molecular complexity index is 317. The fraction of sp³-hybridized carbons (Fsp3) is 0.455. The number of methoxy groups -OCH3 is 1. The van der Waals surface area contributed by atoms with E-state index < -0.39 is 6.10 Å². The van der Waals surface area contributed by atoms with Gasteiger partial charge in [-0.25, -0.2) is 4.39 Å². The van der Waals surface area contributed by atoms with E-state index in [-0.39, 0.29) is 12.4 Å². The van der Waals surface area contributed by atoms with Crippen LogP contribution in [0.5, 0.6) is 0 Å². The Labute approximate surface area is 88.9 Å². The quantitative estimate of drug-likeness (QED) is 0.779. The second kappa shape index (κ2) is 5.68. The van der Waals surface area contributed by atoms with Crippen LogP contribution in [0.2, 0.25) is 0 Å². The molecule has 3 nitrogen and oxygen atoms in total. The summed E-state index contributed by atoms with van der Waals surface area (Å²) in [6.45, 7) is 2.32. The van der Waals surface area contributed by atoms with Crippen LogP contribution in [0.4, 0.5) is 10.1 Å². The number of ether oxygens (including phenoxy) is 1. The van der Waals surface area contributed by atoms with Crippen LogP contribution in [0, 0.1) is 12.7 Å². The van der Waals surface area contributed by atoms with E-state index in [2.05, 4.69) is 5.32 Å². The van der Waals surface area contributed by atoms with Crippen LogP contribution in [-0.2, 0) is 4.74 Å². The SMILES string of the molecule is COCC(O)CNc1ccc(C)c(F)c1. The zero-order valence-corrected chi connectivity index (χ0v) is 8.96. The summed E-state index contributed by atoms with van der Waals surface area (Å²) in [6, 6.07) is 4.88. The minimum atomic E-state index is -0.584. The van der Waals surface area contributed by atoms with Crippen LogP contribution in [0.25, 0.3) is 0 Å². The molecule has 0 radical (unpaired) electrons. The average Bonchev–Trinajstić information content (AvgIpc) is 2.20. The molecule has 0 bridgehead atoms. The third kappa shape index (κ3) is 3.85. The summed E-state index contributed by atoms with van der Waals surface area (Å²) in [6.07, 6.45) is -0.584. The maximum Gasteiger partial charge on any atom is 0.128 e. The van der Waals surface area contributed by atoms with Gasteiger partial charge in [-0.1, -0.05) is 6.07 Å². The minimum Gasteiger partial charge on any atom is -0.389 e. The first-order chi connectivity index (χ1) is 7.13. The normalized spacial score (nSPS) is 12.5. The third-order valence-corrected chi connectivity index (χ3v) is 2.07. The van der Waals surface area contributed by atoms with Crippen molar-refractivity contribution in [1.82, 2.24) is 0 Å². The predicted molar refractivity (Wildman–Crippen MR) is 57.5 cm³/mol. The van der Waals surface area contributed by atoms with Gasteiger partial charge in [0.05, 0.1) is 12.7 Å². The molecule has 0 aliphatic carbocycles. The Morgan fingerprint density at radius 1 is 1.53 bits per heavy atom. The summed E-state index contributed by atoms with van der Waals surface area (Å²) in [5.74, 6) is -0.249. The lowest BCUT2D eigenvalue weighted by atomic mass is 10.2. The molecule has 15 heavy (non-hydrogen) atoms. The third-order valence-electron chi connectivity index (χ3n) is 2.07. The van der Waals surface area contributed by atoms with Crippen molar-refractivity contribution in [2.24, 2.45) is 0 Å². The Morgan fingerprint density at radius 2 is 2.27 bits per heavy atom. The minimum absolute atomic E-state index is 0.249. The zero-order valence-electron chi connectivity index (χ0n) is 8.96. The van der Waals surface area contributed by atoms with Crippen molar-refractivity contribution >= 4 is 5.69 Å². The van der Waals surface area contributed by atoms with Crippen molar-refractivity contribution in [2.45, 2.75) is 13.0 Å². The fourth-order valence-electron chi connectivity index (χ4n) is 1.19. The van der Waals surface area contributed by atoms with E-state index in [0.29, 0.717) is 17.8 Å². The summed E-state index contributed by atoms with van der Waals surface area (Å²) in [4.78, 5) is 0. The molecule has 0 heterocycles. The van der Waals surface area contributed by atoms with Gasteiger partial charge in [0.25, 0.3) is 0 Å². The Hall–Kier alpha value is -1.13. The summed E-state index contributed by atoms with van der Waals surface area (Å²) < 4.78 is 17.9. The van der Waals surface area contributed by atoms with Gasteiger partial charge in [-0.2, -0.15) is 0 Å². The number of anilines is 1. The van der Waals surface area contributed by atoms with E-state index in [1.165, 1.54) is 13.2 Å². The molecular formula is C11H16FNO2.